The Bertz CT molecular complexity index is 355. The molecule has 4 heteroatoms. The van der Waals surface area contributed by atoms with Crippen LogP contribution in [-0.4, -0.2) is 28.0 Å². The van der Waals surface area contributed by atoms with Crippen LogP contribution in [-0.2, 0) is 6.54 Å². The van der Waals surface area contributed by atoms with Crippen molar-refractivity contribution in [2.75, 3.05) is 13.2 Å². The highest BCUT2D eigenvalue weighted by Crippen LogP contribution is 2.47. The minimum Gasteiger partial charge on any atom is -0.396 e. The van der Waals surface area contributed by atoms with Gasteiger partial charge in [0.2, 0.25) is 0 Å². The summed E-state index contributed by atoms with van der Waals surface area (Å²) in [6.07, 6.45) is 5.46. The summed E-state index contributed by atoms with van der Waals surface area (Å²) in [6, 6.07) is 2.49. The van der Waals surface area contributed by atoms with Gasteiger partial charge in [0, 0.05) is 31.9 Å². The molecule has 0 bridgehead atoms. The van der Waals surface area contributed by atoms with Gasteiger partial charge in [0.05, 0.1) is 5.69 Å². The lowest BCUT2D eigenvalue weighted by Gasteiger charge is -2.13. The smallest absolute Gasteiger partial charge is 0.0762 e. The fourth-order valence-electron chi connectivity index (χ4n) is 2.14. The van der Waals surface area contributed by atoms with Crippen molar-refractivity contribution in [3.8, 4) is 0 Å². The molecule has 1 fully saturated rings. The number of nitrogens with one attached hydrogen (secondary N) is 1. The van der Waals surface area contributed by atoms with Crippen molar-refractivity contribution >= 4 is 0 Å². The first-order valence-corrected chi connectivity index (χ1v) is 6.51. The topological polar surface area (TPSA) is 50.1 Å². The molecular weight excluding hydrogens is 214 g/mol. The molecule has 0 radical (unpaired) electrons. The quantitative estimate of drug-likeness (QED) is 0.759. The third kappa shape index (κ3) is 3.30. The minimum absolute atomic E-state index is 0.309. The molecule has 0 aromatic carbocycles. The van der Waals surface area contributed by atoms with Gasteiger partial charge in [-0.15, -0.1) is 0 Å². The van der Waals surface area contributed by atoms with E-state index in [1.807, 2.05) is 10.9 Å². The van der Waals surface area contributed by atoms with E-state index >= 15 is 0 Å². The van der Waals surface area contributed by atoms with Gasteiger partial charge in [-0.25, -0.2) is 0 Å². The van der Waals surface area contributed by atoms with Crippen LogP contribution in [0.3, 0.4) is 0 Å². The lowest BCUT2D eigenvalue weighted by Crippen LogP contribution is -2.24. The normalized spacial score (nSPS) is 17.6. The van der Waals surface area contributed by atoms with Crippen molar-refractivity contribution < 1.29 is 5.11 Å². The van der Waals surface area contributed by atoms with Crippen LogP contribution in [0.2, 0.25) is 0 Å². The van der Waals surface area contributed by atoms with Crippen LogP contribution in [0.25, 0.3) is 0 Å². The van der Waals surface area contributed by atoms with Gasteiger partial charge in [-0.05, 0) is 44.6 Å². The van der Waals surface area contributed by atoms with Crippen molar-refractivity contribution in [2.24, 2.45) is 5.41 Å². The molecule has 4 nitrogen and oxygen atoms in total. The average Bonchev–Trinajstić information content (AvgIpc) is 2.88. The molecule has 1 aliphatic carbocycles. The number of aliphatic hydroxyl groups excluding tert-OH is 1. The van der Waals surface area contributed by atoms with Crippen LogP contribution >= 0.6 is 0 Å². The average molecular weight is 237 g/mol. The number of nitrogens with zero attached hydrogens (tertiary/aromatic N) is 2. The van der Waals surface area contributed by atoms with Crippen LogP contribution < -0.4 is 5.32 Å². The third-order valence-electron chi connectivity index (χ3n) is 3.60. The molecule has 0 aliphatic heterocycles. The van der Waals surface area contributed by atoms with Crippen molar-refractivity contribution in [1.29, 1.82) is 0 Å². The SMILES string of the molecule is CC(C)n1ccc(CNCC2(CCO)CC2)n1. The molecule has 1 aliphatic rings. The fraction of sp³-hybridized carbons (Fsp3) is 0.769. The predicted molar refractivity (Wildman–Crippen MR) is 67.7 cm³/mol. The number of rotatable bonds is 7. The van der Waals surface area contributed by atoms with Crippen LogP contribution in [0, 0.1) is 5.41 Å². The Morgan fingerprint density at radius 1 is 1.53 bits per heavy atom. The highest BCUT2D eigenvalue weighted by Gasteiger charge is 2.41. The van der Waals surface area contributed by atoms with E-state index in [1.54, 1.807) is 0 Å². The first kappa shape index (κ1) is 12.6. The maximum absolute atomic E-state index is 8.98. The summed E-state index contributed by atoms with van der Waals surface area (Å²) >= 11 is 0. The molecule has 1 aromatic rings. The molecule has 1 saturated carbocycles. The number of hydrogen-bond acceptors (Lipinski definition) is 3. The Labute approximate surface area is 103 Å². The van der Waals surface area contributed by atoms with E-state index in [0.717, 1.165) is 25.2 Å². The molecule has 17 heavy (non-hydrogen) atoms. The summed E-state index contributed by atoms with van der Waals surface area (Å²) in [5.41, 5.74) is 1.48. The standard InChI is InChI=1S/C13H23N3O/c1-11(2)16-7-3-12(15-16)9-14-10-13(4-5-13)6-8-17/h3,7,11,14,17H,4-6,8-10H2,1-2H3. The second-order valence-corrected chi connectivity index (χ2v) is 5.46. The molecule has 96 valence electrons. The lowest BCUT2D eigenvalue weighted by atomic mass is 10.0. The van der Waals surface area contributed by atoms with E-state index in [2.05, 4.69) is 30.3 Å². The van der Waals surface area contributed by atoms with E-state index in [4.69, 9.17) is 5.11 Å². The zero-order chi connectivity index (χ0) is 12.3. The molecule has 0 atom stereocenters. The highest BCUT2D eigenvalue weighted by atomic mass is 16.3. The van der Waals surface area contributed by atoms with E-state index < -0.39 is 0 Å². The van der Waals surface area contributed by atoms with Gasteiger partial charge in [-0.1, -0.05) is 0 Å². The zero-order valence-corrected chi connectivity index (χ0v) is 10.8. The summed E-state index contributed by atoms with van der Waals surface area (Å²) in [6.45, 7) is 6.40. The molecule has 2 rings (SSSR count). The van der Waals surface area contributed by atoms with Crippen LogP contribution in [0.15, 0.2) is 12.3 Å². The Balaban J connectivity index is 1.74. The first-order valence-electron chi connectivity index (χ1n) is 6.51. The van der Waals surface area contributed by atoms with Crippen molar-refractivity contribution in [3.63, 3.8) is 0 Å². The number of aliphatic hydroxyl groups is 1. The van der Waals surface area contributed by atoms with E-state index in [-0.39, 0.29) is 0 Å². The second kappa shape index (κ2) is 5.19. The van der Waals surface area contributed by atoms with Gasteiger partial charge in [-0.2, -0.15) is 5.10 Å². The van der Waals surface area contributed by atoms with Gasteiger partial charge in [0.15, 0.2) is 0 Å². The minimum atomic E-state index is 0.309. The molecule has 0 unspecified atom stereocenters. The first-order chi connectivity index (χ1) is 8.15. The van der Waals surface area contributed by atoms with Gasteiger partial charge in [0.25, 0.3) is 0 Å². The maximum Gasteiger partial charge on any atom is 0.0762 e. The van der Waals surface area contributed by atoms with Gasteiger partial charge in [0.1, 0.15) is 0 Å². The van der Waals surface area contributed by atoms with Gasteiger partial charge >= 0.3 is 0 Å². The summed E-state index contributed by atoms with van der Waals surface area (Å²) in [5.74, 6) is 0. The zero-order valence-electron chi connectivity index (χ0n) is 10.8. The summed E-state index contributed by atoms with van der Waals surface area (Å²) < 4.78 is 1.98. The Morgan fingerprint density at radius 3 is 2.82 bits per heavy atom. The van der Waals surface area contributed by atoms with E-state index in [1.165, 1.54) is 12.8 Å². The molecule has 2 N–H and O–H groups in total. The Hall–Kier alpha value is -0.870. The van der Waals surface area contributed by atoms with Crippen LogP contribution in [0.5, 0.6) is 0 Å². The number of aromatic nitrogens is 2. The molecule has 0 spiro atoms. The highest BCUT2D eigenvalue weighted by molar-refractivity contribution is 5.00. The molecule has 1 heterocycles. The maximum atomic E-state index is 8.98. The molecule has 0 amide bonds. The summed E-state index contributed by atoms with van der Waals surface area (Å²) in [5, 5.41) is 16.9. The summed E-state index contributed by atoms with van der Waals surface area (Å²) in [7, 11) is 0. The Kier molecular flexibility index (Phi) is 3.84. The molecular formula is C13H23N3O. The van der Waals surface area contributed by atoms with E-state index in [0.29, 0.717) is 18.1 Å². The third-order valence-corrected chi connectivity index (χ3v) is 3.60. The van der Waals surface area contributed by atoms with Gasteiger partial charge < -0.3 is 10.4 Å². The molecule has 0 saturated heterocycles. The second-order valence-electron chi connectivity index (χ2n) is 5.46. The monoisotopic (exact) mass is 237 g/mol. The van der Waals surface area contributed by atoms with Crippen LogP contribution in [0.1, 0.15) is 44.8 Å². The van der Waals surface area contributed by atoms with Crippen molar-refractivity contribution in [2.45, 2.75) is 45.7 Å². The van der Waals surface area contributed by atoms with Crippen molar-refractivity contribution in [1.82, 2.24) is 15.1 Å². The van der Waals surface area contributed by atoms with E-state index in [9.17, 15) is 0 Å². The van der Waals surface area contributed by atoms with Crippen molar-refractivity contribution in [3.05, 3.63) is 18.0 Å². The molecule has 1 aromatic heterocycles. The lowest BCUT2D eigenvalue weighted by molar-refractivity contribution is 0.245. The summed E-state index contributed by atoms with van der Waals surface area (Å²) in [4.78, 5) is 0. The Morgan fingerprint density at radius 2 is 2.29 bits per heavy atom. The predicted octanol–water partition coefficient (Wildman–Crippen LogP) is 1.72. The number of hydrogen-bond donors (Lipinski definition) is 2. The largest absolute Gasteiger partial charge is 0.396 e. The van der Waals surface area contributed by atoms with Gasteiger partial charge in [-0.3, -0.25) is 4.68 Å². The fourth-order valence-corrected chi connectivity index (χ4v) is 2.14. The van der Waals surface area contributed by atoms with Crippen LogP contribution in [0.4, 0.5) is 0 Å².